The third-order valence-electron chi connectivity index (χ3n) is 6.79. The summed E-state index contributed by atoms with van der Waals surface area (Å²) >= 11 is 0. The molecule has 3 amide bonds. The van der Waals surface area contributed by atoms with Gasteiger partial charge in [0.25, 0.3) is 11.6 Å². The van der Waals surface area contributed by atoms with Gasteiger partial charge in [-0.3, -0.25) is 19.7 Å². The third kappa shape index (κ3) is 6.01. The van der Waals surface area contributed by atoms with Gasteiger partial charge in [0.2, 0.25) is 0 Å². The van der Waals surface area contributed by atoms with Crippen molar-refractivity contribution in [2.75, 3.05) is 20.1 Å². The number of carboxylic acids is 1. The van der Waals surface area contributed by atoms with Gasteiger partial charge in [-0.15, -0.1) is 0 Å². The highest BCUT2D eigenvalue weighted by Crippen LogP contribution is 2.35. The zero-order valence-corrected chi connectivity index (χ0v) is 21.6. The van der Waals surface area contributed by atoms with Crippen LogP contribution in [-0.2, 0) is 4.79 Å². The normalized spacial score (nSPS) is 16.9. The maximum atomic E-state index is 13.0. The SMILES string of the molecule is CC1=NC(=O)N(CCCN(C)C(=O)c2ccc(-c3ccccc3)cc2)C(c2cccc([N+](=O)[O-])c2)C1C(=O)O. The first kappa shape index (κ1) is 27.2. The van der Waals surface area contributed by atoms with E-state index in [1.54, 1.807) is 25.2 Å². The maximum Gasteiger partial charge on any atom is 0.344 e. The molecule has 1 heterocycles. The van der Waals surface area contributed by atoms with Gasteiger partial charge in [0, 0.05) is 43.5 Å². The summed E-state index contributed by atoms with van der Waals surface area (Å²) in [6, 6.07) is 21.2. The first-order chi connectivity index (χ1) is 18.7. The summed E-state index contributed by atoms with van der Waals surface area (Å²) in [7, 11) is 1.66. The van der Waals surface area contributed by atoms with Gasteiger partial charge >= 0.3 is 12.0 Å². The first-order valence-electron chi connectivity index (χ1n) is 12.4. The molecule has 2 atom stereocenters. The Hall–Kier alpha value is -4.86. The molecule has 39 heavy (non-hydrogen) atoms. The predicted octanol–water partition coefficient (Wildman–Crippen LogP) is 5.06. The molecule has 0 aromatic heterocycles. The van der Waals surface area contributed by atoms with Crippen molar-refractivity contribution in [2.45, 2.75) is 19.4 Å². The van der Waals surface area contributed by atoms with Crippen molar-refractivity contribution in [2.24, 2.45) is 10.9 Å². The van der Waals surface area contributed by atoms with Gasteiger partial charge in [-0.05, 0) is 42.2 Å². The Bertz CT molecular complexity index is 1420. The number of hydrogen-bond donors (Lipinski definition) is 1. The van der Waals surface area contributed by atoms with E-state index in [-0.39, 0.29) is 23.9 Å². The Kier molecular flexibility index (Phi) is 8.14. The van der Waals surface area contributed by atoms with Gasteiger partial charge in [0.1, 0.15) is 5.92 Å². The Labute approximate surface area is 225 Å². The van der Waals surface area contributed by atoms with Crippen LogP contribution in [0.15, 0.2) is 83.9 Å². The fourth-order valence-corrected chi connectivity index (χ4v) is 4.79. The molecule has 2 unspecified atom stereocenters. The van der Waals surface area contributed by atoms with E-state index in [0.717, 1.165) is 11.1 Å². The molecule has 10 heteroatoms. The molecule has 4 rings (SSSR count). The van der Waals surface area contributed by atoms with E-state index in [0.29, 0.717) is 24.1 Å². The molecule has 0 saturated carbocycles. The summed E-state index contributed by atoms with van der Waals surface area (Å²) in [5.41, 5.74) is 2.83. The second kappa shape index (κ2) is 11.7. The fourth-order valence-electron chi connectivity index (χ4n) is 4.79. The monoisotopic (exact) mass is 528 g/mol. The maximum absolute atomic E-state index is 13.0. The quantitative estimate of drug-likeness (QED) is 0.305. The number of nitro groups is 1. The molecule has 3 aromatic carbocycles. The molecule has 0 fully saturated rings. The number of carboxylic acid groups (broad SMARTS) is 1. The number of hydrogen-bond acceptors (Lipinski definition) is 5. The van der Waals surface area contributed by atoms with Gasteiger partial charge in [-0.1, -0.05) is 54.6 Å². The largest absolute Gasteiger partial charge is 0.481 e. The lowest BCUT2D eigenvalue weighted by Gasteiger charge is -2.38. The number of rotatable bonds is 9. The molecule has 0 saturated heterocycles. The Morgan fingerprint density at radius 3 is 2.33 bits per heavy atom. The number of urea groups is 1. The van der Waals surface area contributed by atoms with Crippen LogP contribution in [0, 0.1) is 16.0 Å². The summed E-state index contributed by atoms with van der Waals surface area (Å²) in [6.07, 6.45) is 0.350. The summed E-state index contributed by atoms with van der Waals surface area (Å²) in [6.45, 7) is 1.87. The lowest BCUT2D eigenvalue weighted by molar-refractivity contribution is -0.385. The van der Waals surface area contributed by atoms with Gasteiger partial charge in [0.05, 0.1) is 11.0 Å². The number of carbonyl (C=O) groups excluding carboxylic acids is 2. The highest BCUT2D eigenvalue weighted by atomic mass is 16.6. The molecule has 0 spiro atoms. The molecule has 1 aliphatic heterocycles. The first-order valence-corrected chi connectivity index (χ1v) is 12.4. The highest BCUT2D eigenvalue weighted by Gasteiger charge is 2.42. The molecular weight excluding hydrogens is 500 g/mol. The van der Waals surface area contributed by atoms with Crippen LogP contribution in [0.2, 0.25) is 0 Å². The number of carbonyl (C=O) groups is 3. The summed E-state index contributed by atoms with van der Waals surface area (Å²) < 4.78 is 0. The predicted molar refractivity (Wildman–Crippen MR) is 146 cm³/mol. The van der Waals surface area contributed by atoms with Crippen LogP contribution >= 0.6 is 0 Å². The Balaban J connectivity index is 1.47. The second-order valence-electron chi connectivity index (χ2n) is 9.37. The summed E-state index contributed by atoms with van der Waals surface area (Å²) in [5, 5.41) is 21.2. The number of aliphatic carboxylic acids is 1. The Morgan fingerprint density at radius 2 is 1.69 bits per heavy atom. The van der Waals surface area contributed by atoms with E-state index >= 15 is 0 Å². The van der Waals surface area contributed by atoms with Crippen LogP contribution in [0.4, 0.5) is 10.5 Å². The molecule has 0 aliphatic carbocycles. The standard InChI is InChI=1S/C29H28N4O6/c1-19-25(28(35)36)26(23-10-6-11-24(18-23)33(38)39)32(29(37)30-19)17-7-16-31(2)27(34)22-14-12-21(13-15-22)20-8-4-3-5-9-20/h3-6,8-15,18,25-26H,7,16-17H2,1-2H3,(H,35,36). The van der Waals surface area contributed by atoms with E-state index in [9.17, 15) is 29.6 Å². The van der Waals surface area contributed by atoms with Crippen molar-refractivity contribution in [1.82, 2.24) is 9.80 Å². The summed E-state index contributed by atoms with van der Waals surface area (Å²) in [5.74, 6) is -2.53. The van der Waals surface area contributed by atoms with Crippen LogP contribution in [0.5, 0.6) is 0 Å². The average molecular weight is 529 g/mol. The van der Waals surface area contributed by atoms with Crippen molar-refractivity contribution in [1.29, 1.82) is 0 Å². The van der Waals surface area contributed by atoms with Crippen molar-refractivity contribution in [3.63, 3.8) is 0 Å². The highest BCUT2D eigenvalue weighted by molar-refractivity contribution is 6.07. The van der Waals surface area contributed by atoms with Crippen molar-refractivity contribution < 1.29 is 24.4 Å². The van der Waals surface area contributed by atoms with E-state index in [1.165, 1.54) is 34.9 Å². The third-order valence-corrected chi connectivity index (χ3v) is 6.79. The van der Waals surface area contributed by atoms with E-state index < -0.39 is 28.9 Å². The molecule has 1 aliphatic rings. The van der Waals surface area contributed by atoms with E-state index in [1.807, 2.05) is 42.5 Å². The lowest BCUT2D eigenvalue weighted by atomic mass is 9.86. The number of non-ortho nitro benzene ring substituents is 1. The molecule has 1 N–H and O–H groups in total. The van der Waals surface area contributed by atoms with Gasteiger partial charge in [-0.25, -0.2) is 9.79 Å². The number of nitrogens with zero attached hydrogens (tertiary/aromatic N) is 4. The van der Waals surface area contributed by atoms with Gasteiger partial charge in [0.15, 0.2) is 0 Å². The number of nitro benzene ring substituents is 1. The fraction of sp³-hybridized carbons (Fsp3) is 0.241. The Morgan fingerprint density at radius 1 is 1.03 bits per heavy atom. The zero-order valence-electron chi connectivity index (χ0n) is 21.6. The average Bonchev–Trinajstić information content (AvgIpc) is 2.93. The minimum Gasteiger partial charge on any atom is -0.481 e. The van der Waals surface area contributed by atoms with Crippen molar-refractivity contribution >= 4 is 29.3 Å². The topological polar surface area (TPSA) is 133 Å². The molecule has 0 radical (unpaired) electrons. The minimum atomic E-state index is -1.18. The molecule has 200 valence electrons. The molecular formula is C29H28N4O6. The van der Waals surface area contributed by atoms with Crippen LogP contribution in [0.1, 0.15) is 35.3 Å². The number of amides is 3. The summed E-state index contributed by atoms with van der Waals surface area (Å²) in [4.78, 5) is 55.6. The molecule has 10 nitrogen and oxygen atoms in total. The minimum absolute atomic E-state index is 0.108. The van der Waals surface area contributed by atoms with Crippen LogP contribution in [0.3, 0.4) is 0 Å². The molecule has 3 aromatic rings. The number of benzene rings is 3. The number of aliphatic imine (C=N–C) groups is 1. The van der Waals surface area contributed by atoms with Crippen LogP contribution < -0.4 is 0 Å². The smallest absolute Gasteiger partial charge is 0.344 e. The van der Waals surface area contributed by atoms with E-state index in [2.05, 4.69) is 4.99 Å². The molecule has 0 bridgehead atoms. The van der Waals surface area contributed by atoms with Crippen LogP contribution in [-0.4, -0.2) is 63.6 Å². The van der Waals surface area contributed by atoms with Gasteiger partial charge < -0.3 is 14.9 Å². The lowest BCUT2D eigenvalue weighted by Crippen LogP contribution is -2.47. The van der Waals surface area contributed by atoms with Crippen molar-refractivity contribution in [3.05, 3.63) is 100 Å². The van der Waals surface area contributed by atoms with Crippen LogP contribution in [0.25, 0.3) is 11.1 Å². The zero-order chi connectivity index (χ0) is 28.1. The van der Waals surface area contributed by atoms with Gasteiger partial charge in [-0.2, -0.15) is 0 Å². The van der Waals surface area contributed by atoms with E-state index in [4.69, 9.17) is 0 Å². The van der Waals surface area contributed by atoms with Crippen molar-refractivity contribution in [3.8, 4) is 11.1 Å². The second-order valence-corrected chi connectivity index (χ2v) is 9.37.